The molecule has 1 nitrogen and oxygen atoms in total. The van der Waals surface area contributed by atoms with Gasteiger partial charge in [-0.05, 0) is 53.7 Å². The molecule has 2 atom stereocenters. The van der Waals surface area contributed by atoms with E-state index in [0.29, 0.717) is 12.1 Å². The predicted octanol–water partition coefficient (Wildman–Crippen LogP) is 3.89. The number of rotatable bonds is 3. The van der Waals surface area contributed by atoms with Crippen LogP contribution in [0.5, 0.6) is 0 Å². The average Bonchev–Trinajstić information content (AvgIpc) is 2.60. The number of aryl methyl sites for hydroxylation is 1. The van der Waals surface area contributed by atoms with E-state index in [4.69, 9.17) is 6.42 Å². The second-order valence-electron chi connectivity index (χ2n) is 4.35. The summed E-state index contributed by atoms with van der Waals surface area (Å²) in [5.41, 5.74) is 1.48. The molecule has 0 bridgehead atoms. The van der Waals surface area contributed by atoms with Gasteiger partial charge in [-0.25, -0.2) is 0 Å². The Hall–Kier alpha value is -0.300. The van der Waals surface area contributed by atoms with Crippen LogP contribution in [0.25, 0.3) is 0 Å². The van der Waals surface area contributed by atoms with Gasteiger partial charge in [-0.2, -0.15) is 0 Å². The number of nitrogens with one attached hydrogen (secondary N) is 1. The van der Waals surface area contributed by atoms with Gasteiger partial charge in [0.15, 0.2) is 0 Å². The lowest BCUT2D eigenvalue weighted by atomic mass is 9.93. The summed E-state index contributed by atoms with van der Waals surface area (Å²) in [6.45, 7) is 2.16. The Morgan fingerprint density at radius 1 is 1.75 bits per heavy atom. The lowest BCUT2D eigenvalue weighted by Crippen LogP contribution is -2.31. The van der Waals surface area contributed by atoms with Crippen molar-refractivity contribution in [2.24, 2.45) is 0 Å². The fourth-order valence-electron chi connectivity index (χ4n) is 2.27. The third-order valence-electron chi connectivity index (χ3n) is 2.99. The zero-order valence-corrected chi connectivity index (χ0v) is 11.8. The van der Waals surface area contributed by atoms with Crippen molar-refractivity contribution in [3.63, 3.8) is 0 Å². The summed E-state index contributed by atoms with van der Waals surface area (Å²) in [6, 6.07) is 3.16. The number of terminal acetylenes is 1. The van der Waals surface area contributed by atoms with Crippen LogP contribution in [-0.4, -0.2) is 6.04 Å². The molecule has 2 unspecified atom stereocenters. The zero-order valence-electron chi connectivity index (χ0n) is 9.42. The minimum Gasteiger partial charge on any atom is -0.306 e. The molecular weight excluding hydrogens is 282 g/mol. The third-order valence-corrected chi connectivity index (χ3v) is 4.71. The molecular formula is C13H16BrNS. The topological polar surface area (TPSA) is 12.0 Å². The normalized spacial score (nSPS) is 21.2. The minimum atomic E-state index is 0.402. The Kier molecular flexibility index (Phi) is 4.07. The highest BCUT2D eigenvalue weighted by molar-refractivity contribution is 9.11. The highest BCUT2D eigenvalue weighted by Crippen LogP contribution is 2.38. The lowest BCUT2D eigenvalue weighted by Gasteiger charge is -2.26. The maximum atomic E-state index is 5.34. The van der Waals surface area contributed by atoms with Gasteiger partial charge >= 0.3 is 0 Å². The van der Waals surface area contributed by atoms with Crippen molar-refractivity contribution in [2.75, 3.05) is 0 Å². The highest BCUT2D eigenvalue weighted by Gasteiger charge is 2.23. The molecule has 16 heavy (non-hydrogen) atoms. The number of hydrogen-bond donors (Lipinski definition) is 1. The molecule has 86 valence electrons. The van der Waals surface area contributed by atoms with Gasteiger partial charge in [-0.1, -0.05) is 0 Å². The van der Waals surface area contributed by atoms with Crippen molar-refractivity contribution in [1.29, 1.82) is 0 Å². The first-order valence-electron chi connectivity index (χ1n) is 5.68. The zero-order chi connectivity index (χ0) is 11.5. The summed E-state index contributed by atoms with van der Waals surface area (Å²) < 4.78 is 1.25. The summed E-state index contributed by atoms with van der Waals surface area (Å²) in [7, 11) is 0. The van der Waals surface area contributed by atoms with E-state index >= 15 is 0 Å². The first kappa shape index (κ1) is 12.2. The van der Waals surface area contributed by atoms with Crippen LogP contribution in [0.4, 0.5) is 0 Å². The molecule has 0 saturated carbocycles. The van der Waals surface area contributed by atoms with E-state index in [1.54, 1.807) is 0 Å². The molecule has 0 fully saturated rings. The SMILES string of the molecule is C#CCC(C)NC1CCCc2sc(Br)cc21. The van der Waals surface area contributed by atoms with E-state index in [1.807, 2.05) is 11.3 Å². The van der Waals surface area contributed by atoms with Crippen LogP contribution in [0, 0.1) is 12.3 Å². The average molecular weight is 298 g/mol. The Morgan fingerprint density at radius 2 is 2.56 bits per heavy atom. The monoisotopic (exact) mass is 297 g/mol. The standard InChI is InChI=1S/C13H16BrNS/c1-3-5-9(2)15-11-6-4-7-12-10(11)8-13(14)16-12/h1,8-9,11,15H,4-7H2,2H3. The Balaban J connectivity index is 2.10. The van der Waals surface area contributed by atoms with Crippen molar-refractivity contribution in [3.8, 4) is 12.3 Å². The Labute approximate surface area is 110 Å². The number of thiophene rings is 1. The molecule has 1 aliphatic rings. The third kappa shape index (κ3) is 2.68. The van der Waals surface area contributed by atoms with Crippen molar-refractivity contribution < 1.29 is 0 Å². The molecule has 0 aromatic carbocycles. The van der Waals surface area contributed by atoms with E-state index < -0.39 is 0 Å². The van der Waals surface area contributed by atoms with E-state index in [-0.39, 0.29) is 0 Å². The number of hydrogen-bond acceptors (Lipinski definition) is 2. The van der Waals surface area contributed by atoms with E-state index in [0.717, 1.165) is 6.42 Å². The van der Waals surface area contributed by atoms with Gasteiger partial charge in [0.05, 0.1) is 3.79 Å². The fraction of sp³-hybridized carbons (Fsp3) is 0.538. The molecule has 2 rings (SSSR count). The molecule has 3 heteroatoms. The van der Waals surface area contributed by atoms with E-state index in [9.17, 15) is 0 Å². The second kappa shape index (κ2) is 5.35. The van der Waals surface area contributed by atoms with Crippen LogP contribution in [0.2, 0.25) is 0 Å². The van der Waals surface area contributed by atoms with Crippen molar-refractivity contribution >= 4 is 27.3 Å². The lowest BCUT2D eigenvalue weighted by molar-refractivity contribution is 0.415. The van der Waals surface area contributed by atoms with Crippen LogP contribution in [0.15, 0.2) is 9.85 Å². The molecule has 0 aliphatic heterocycles. The molecule has 1 aliphatic carbocycles. The minimum absolute atomic E-state index is 0.402. The van der Waals surface area contributed by atoms with Gasteiger partial charge in [0.25, 0.3) is 0 Å². The Bertz CT molecular complexity index is 405. The largest absolute Gasteiger partial charge is 0.306 e. The second-order valence-corrected chi connectivity index (χ2v) is 6.87. The van der Waals surface area contributed by atoms with Gasteiger partial charge in [0.1, 0.15) is 0 Å². The van der Waals surface area contributed by atoms with Gasteiger partial charge in [0.2, 0.25) is 0 Å². The van der Waals surface area contributed by atoms with Crippen LogP contribution < -0.4 is 5.32 Å². The van der Waals surface area contributed by atoms with Crippen LogP contribution in [-0.2, 0) is 6.42 Å². The summed E-state index contributed by atoms with van der Waals surface area (Å²) in [5, 5.41) is 3.63. The molecule has 1 aromatic rings. The summed E-state index contributed by atoms with van der Waals surface area (Å²) >= 11 is 5.45. The maximum absolute atomic E-state index is 5.34. The molecule has 0 amide bonds. The van der Waals surface area contributed by atoms with Gasteiger partial charge < -0.3 is 5.32 Å². The summed E-state index contributed by atoms with van der Waals surface area (Å²) in [6.07, 6.45) is 9.88. The van der Waals surface area contributed by atoms with Gasteiger partial charge in [-0.15, -0.1) is 23.7 Å². The first-order chi connectivity index (χ1) is 7.70. The number of halogens is 1. The molecule has 1 N–H and O–H groups in total. The predicted molar refractivity (Wildman–Crippen MR) is 73.7 cm³/mol. The molecule has 1 heterocycles. The van der Waals surface area contributed by atoms with Gasteiger partial charge in [-0.3, -0.25) is 0 Å². The van der Waals surface area contributed by atoms with Crippen LogP contribution in [0.3, 0.4) is 0 Å². The molecule has 0 saturated heterocycles. The quantitative estimate of drug-likeness (QED) is 0.835. The maximum Gasteiger partial charge on any atom is 0.0704 e. The smallest absolute Gasteiger partial charge is 0.0704 e. The molecule has 0 spiro atoms. The Morgan fingerprint density at radius 3 is 3.31 bits per heavy atom. The van der Waals surface area contributed by atoms with Crippen LogP contribution in [0.1, 0.15) is 42.7 Å². The summed E-state index contributed by atoms with van der Waals surface area (Å²) in [5.74, 6) is 2.72. The molecule has 0 radical (unpaired) electrons. The molecule has 1 aromatic heterocycles. The van der Waals surface area contributed by atoms with Crippen molar-refractivity contribution in [1.82, 2.24) is 5.32 Å². The van der Waals surface area contributed by atoms with E-state index in [2.05, 4.69) is 40.2 Å². The van der Waals surface area contributed by atoms with E-state index in [1.165, 1.54) is 33.5 Å². The fourth-order valence-corrected chi connectivity index (χ4v) is 4.09. The van der Waals surface area contributed by atoms with Gasteiger partial charge in [0, 0.05) is 23.4 Å². The van der Waals surface area contributed by atoms with Crippen molar-refractivity contribution in [2.45, 2.75) is 44.7 Å². The first-order valence-corrected chi connectivity index (χ1v) is 7.29. The van der Waals surface area contributed by atoms with Crippen molar-refractivity contribution in [3.05, 3.63) is 20.3 Å². The van der Waals surface area contributed by atoms with Crippen LogP contribution >= 0.6 is 27.3 Å². The summed E-state index contributed by atoms with van der Waals surface area (Å²) in [4.78, 5) is 1.53. The highest BCUT2D eigenvalue weighted by atomic mass is 79.9. The number of fused-ring (bicyclic) bond motifs is 1.